The lowest BCUT2D eigenvalue weighted by atomic mass is 10.2. The van der Waals surface area contributed by atoms with E-state index in [-0.39, 0.29) is 11.9 Å². The van der Waals surface area contributed by atoms with Gasteiger partial charge in [0.2, 0.25) is 0 Å². The molecule has 0 radical (unpaired) electrons. The number of carbonyl (C=O) groups excluding carboxylic acids is 1. The highest BCUT2D eigenvalue weighted by Gasteiger charge is 2.20. The van der Waals surface area contributed by atoms with E-state index in [9.17, 15) is 4.79 Å². The topological polar surface area (TPSA) is 51.2 Å². The zero-order chi connectivity index (χ0) is 9.97. The zero-order valence-corrected chi connectivity index (χ0v) is 8.12. The molecule has 1 saturated heterocycles. The molecule has 1 N–H and O–H groups in total. The van der Waals surface area contributed by atoms with Crippen LogP contribution >= 0.6 is 11.6 Å². The van der Waals surface area contributed by atoms with E-state index < -0.39 is 0 Å². The maximum Gasteiger partial charge on any atom is 0.251 e. The Morgan fingerprint density at radius 3 is 3.00 bits per heavy atom. The third-order valence-corrected chi connectivity index (χ3v) is 2.17. The van der Waals surface area contributed by atoms with Gasteiger partial charge < -0.3 is 10.1 Å². The van der Waals surface area contributed by atoms with E-state index in [0.29, 0.717) is 23.9 Å². The Morgan fingerprint density at radius 1 is 1.64 bits per heavy atom. The minimum absolute atomic E-state index is 0.134. The van der Waals surface area contributed by atoms with Crippen molar-refractivity contribution in [2.24, 2.45) is 0 Å². The van der Waals surface area contributed by atoms with Gasteiger partial charge in [-0.25, -0.2) is 4.98 Å². The summed E-state index contributed by atoms with van der Waals surface area (Å²) in [5.74, 6) is -0.136. The summed E-state index contributed by atoms with van der Waals surface area (Å²) in [4.78, 5) is 15.3. The second-order valence-corrected chi connectivity index (χ2v) is 3.46. The Hall–Kier alpha value is -1.13. The van der Waals surface area contributed by atoms with E-state index in [1.165, 1.54) is 12.3 Å². The minimum atomic E-state index is -0.136. The van der Waals surface area contributed by atoms with Gasteiger partial charge in [-0.3, -0.25) is 4.79 Å². The highest BCUT2D eigenvalue weighted by molar-refractivity contribution is 6.29. The van der Waals surface area contributed by atoms with Gasteiger partial charge in [-0.2, -0.15) is 0 Å². The molecule has 1 amide bonds. The minimum Gasteiger partial charge on any atom is -0.377 e. The number of hydrogen-bond donors (Lipinski definition) is 1. The number of ether oxygens (including phenoxy) is 1. The lowest BCUT2D eigenvalue weighted by Crippen LogP contribution is -2.48. The number of amides is 1. The average Bonchev–Trinajstić information content (AvgIpc) is 2.11. The molecule has 4 nitrogen and oxygen atoms in total. The lowest BCUT2D eigenvalue weighted by Gasteiger charge is -2.26. The quantitative estimate of drug-likeness (QED) is 0.740. The summed E-state index contributed by atoms with van der Waals surface area (Å²) < 4.78 is 4.94. The van der Waals surface area contributed by atoms with Crippen LogP contribution in [-0.4, -0.2) is 30.1 Å². The lowest BCUT2D eigenvalue weighted by molar-refractivity contribution is -0.00346. The van der Waals surface area contributed by atoms with Crippen LogP contribution in [0.2, 0.25) is 5.15 Å². The molecule has 2 heterocycles. The Labute approximate surface area is 86.2 Å². The third-order valence-electron chi connectivity index (χ3n) is 1.96. The van der Waals surface area contributed by atoms with Crippen molar-refractivity contribution in [3.05, 3.63) is 29.0 Å². The number of halogens is 1. The van der Waals surface area contributed by atoms with Crippen LogP contribution in [0, 0.1) is 0 Å². The first-order valence-electron chi connectivity index (χ1n) is 4.26. The molecule has 0 atom stereocenters. The summed E-state index contributed by atoms with van der Waals surface area (Å²) in [6, 6.07) is 3.30. The normalized spacial score (nSPS) is 16.1. The molecule has 1 aliphatic heterocycles. The van der Waals surface area contributed by atoms with E-state index in [1.807, 2.05) is 0 Å². The van der Waals surface area contributed by atoms with E-state index in [4.69, 9.17) is 16.3 Å². The highest BCUT2D eigenvalue weighted by Crippen LogP contribution is 2.08. The van der Waals surface area contributed by atoms with Crippen LogP contribution < -0.4 is 5.32 Å². The van der Waals surface area contributed by atoms with Gasteiger partial charge in [0, 0.05) is 11.8 Å². The van der Waals surface area contributed by atoms with Gasteiger partial charge >= 0.3 is 0 Å². The van der Waals surface area contributed by atoms with E-state index in [0.717, 1.165) is 0 Å². The molecule has 5 heteroatoms. The molecule has 1 aromatic heterocycles. The molecule has 0 saturated carbocycles. The van der Waals surface area contributed by atoms with Crippen molar-refractivity contribution in [2.45, 2.75) is 6.04 Å². The molecular weight excluding hydrogens is 204 g/mol. The maximum absolute atomic E-state index is 11.5. The molecule has 2 rings (SSSR count). The van der Waals surface area contributed by atoms with Crippen LogP contribution in [0.4, 0.5) is 0 Å². The number of nitrogens with zero attached hydrogens (tertiary/aromatic N) is 1. The van der Waals surface area contributed by atoms with Crippen LogP contribution in [0.25, 0.3) is 0 Å². The monoisotopic (exact) mass is 212 g/mol. The number of carbonyl (C=O) groups is 1. The molecule has 0 aliphatic carbocycles. The predicted molar refractivity (Wildman–Crippen MR) is 51.3 cm³/mol. The molecule has 0 spiro atoms. The van der Waals surface area contributed by atoms with Crippen molar-refractivity contribution in [2.75, 3.05) is 13.2 Å². The van der Waals surface area contributed by atoms with Gasteiger partial charge in [-0.1, -0.05) is 11.6 Å². The Morgan fingerprint density at radius 2 is 2.43 bits per heavy atom. The Balaban J connectivity index is 2.02. The molecule has 0 bridgehead atoms. The standard InChI is InChI=1S/C9H9ClN2O2/c10-8-3-6(1-2-11-8)9(13)12-7-4-14-5-7/h1-3,7H,4-5H2,(H,12,13). The molecule has 1 fully saturated rings. The predicted octanol–water partition coefficient (Wildman–Crippen LogP) is 0.864. The maximum atomic E-state index is 11.5. The number of rotatable bonds is 2. The van der Waals surface area contributed by atoms with Crippen LogP contribution in [0.5, 0.6) is 0 Å². The van der Waals surface area contributed by atoms with E-state index in [1.54, 1.807) is 6.07 Å². The first-order chi connectivity index (χ1) is 6.75. The smallest absolute Gasteiger partial charge is 0.251 e. The zero-order valence-electron chi connectivity index (χ0n) is 7.37. The Kier molecular flexibility index (Phi) is 2.65. The molecule has 1 aliphatic rings. The second-order valence-electron chi connectivity index (χ2n) is 3.08. The van der Waals surface area contributed by atoms with Crippen molar-refractivity contribution >= 4 is 17.5 Å². The summed E-state index contributed by atoms with van der Waals surface area (Å²) >= 11 is 5.66. The van der Waals surface area contributed by atoms with Crippen molar-refractivity contribution in [3.63, 3.8) is 0 Å². The van der Waals surface area contributed by atoms with Gasteiger partial charge in [0.25, 0.3) is 5.91 Å². The summed E-state index contributed by atoms with van der Waals surface area (Å²) in [6.07, 6.45) is 1.51. The molecule has 1 aromatic rings. The van der Waals surface area contributed by atoms with Gasteiger partial charge in [-0.05, 0) is 12.1 Å². The summed E-state index contributed by atoms with van der Waals surface area (Å²) in [7, 11) is 0. The van der Waals surface area contributed by atoms with Crippen molar-refractivity contribution in [1.82, 2.24) is 10.3 Å². The molecular formula is C9H9ClN2O2. The van der Waals surface area contributed by atoms with Gasteiger partial charge in [0.05, 0.1) is 19.3 Å². The van der Waals surface area contributed by atoms with Crippen LogP contribution in [0.3, 0.4) is 0 Å². The first kappa shape index (κ1) is 9.43. The first-order valence-corrected chi connectivity index (χ1v) is 4.63. The Bertz CT molecular complexity index is 352. The van der Waals surface area contributed by atoms with Crippen molar-refractivity contribution < 1.29 is 9.53 Å². The highest BCUT2D eigenvalue weighted by atomic mass is 35.5. The largest absolute Gasteiger partial charge is 0.377 e. The fourth-order valence-corrected chi connectivity index (χ4v) is 1.31. The van der Waals surface area contributed by atoms with Crippen LogP contribution in [-0.2, 0) is 4.74 Å². The van der Waals surface area contributed by atoms with Crippen LogP contribution in [0.1, 0.15) is 10.4 Å². The number of pyridine rings is 1. The molecule has 14 heavy (non-hydrogen) atoms. The number of hydrogen-bond acceptors (Lipinski definition) is 3. The summed E-state index contributed by atoms with van der Waals surface area (Å²) in [6.45, 7) is 1.18. The second kappa shape index (κ2) is 3.94. The van der Waals surface area contributed by atoms with Crippen molar-refractivity contribution in [1.29, 1.82) is 0 Å². The molecule has 74 valence electrons. The number of nitrogens with one attached hydrogen (secondary N) is 1. The molecule has 0 aromatic carbocycles. The summed E-state index contributed by atoms with van der Waals surface area (Å²) in [5, 5.41) is 3.13. The third kappa shape index (κ3) is 2.02. The fraction of sp³-hybridized carbons (Fsp3) is 0.333. The van der Waals surface area contributed by atoms with E-state index in [2.05, 4.69) is 10.3 Å². The fourth-order valence-electron chi connectivity index (χ4n) is 1.13. The van der Waals surface area contributed by atoms with Crippen LogP contribution in [0.15, 0.2) is 18.3 Å². The van der Waals surface area contributed by atoms with Gasteiger partial charge in [0.15, 0.2) is 0 Å². The molecule has 0 unspecified atom stereocenters. The van der Waals surface area contributed by atoms with E-state index >= 15 is 0 Å². The van der Waals surface area contributed by atoms with Gasteiger partial charge in [0.1, 0.15) is 5.15 Å². The van der Waals surface area contributed by atoms with Gasteiger partial charge in [-0.15, -0.1) is 0 Å². The summed E-state index contributed by atoms with van der Waals surface area (Å²) in [5.41, 5.74) is 0.525. The number of aromatic nitrogens is 1. The SMILES string of the molecule is O=C(NC1COC1)c1ccnc(Cl)c1. The average molecular weight is 213 g/mol. The van der Waals surface area contributed by atoms with Crippen molar-refractivity contribution in [3.8, 4) is 0 Å².